The van der Waals surface area contributed by atoms with E-state index in [-0.39, 0.29) is 26.2 Å². The third kappa shape index (κ3) is 9.25. The Labute approximate surface area is 121 Å². The highest BCUT2D eigenvalue weighted by molar-refractivity contribution is 5.89. The molecule has 2 atom stereocenters. The van der Waals surface area contributed by atoms with Crippen molar-refractivity contribution in [2.45, 2.75) is 32.4 Å². The molecule has 118 valence electrons. The molecule has 0 aromatic rings. The summed E-state index contributed by atoms with van der Waals surface area (Å²) in [4.78, 5) is 36.2. The third-order valence-corrected chi connectivity index (χ3v) is 2.37. The summed E-state index contributed by atoms with van der Waals surface area (Å²) in [5, 5.41) is 16.6. The highest BCUT2D eigenvalue weighted by Crippen LogP contribution is 1.90. The molecule has 0 aliphatic rings. The number of hydrogen-bond acceptors (Lipinski definition) is 5. The number of carbonyl (C=O) groups is 3. The zero-order valence-electron chi connectivity index (χ0n) is 11.9. The number of amides is 2. The summed E-state index contributed by atoms with van der Waals surface area (Å²) >= 11 is 0. The molecule has 2 unspecified atom stereocenters. The Morgan fingerprint density at radius 2 is 1.90 bits per heavy atom. The van der Waals surface area contributed by atoms with Crippen LogP contribution in [0.15, 0.2) is 5.11 Å². The number of carboxylic acids is 1. The first-order valence-electron chi connectivity index (χ1n) is 6.29. The molecule has 0 spiro atoms. The SMILES string of the molecule is CC(NC(=O)C(C)NC(=O)CCOCCN=[N+]=[N-])C(=O)O. The summed E-state index contributed by atoms with van der Waals surface area (Å²) in [5.74, 6) is -2.14. The maximum atomic E-state index is 11.6. The molecule has 3 N–H and O–H groups in total. The minimum Gasteiger partial charge on any atom is -0.480 e. The lowest BCUT2D eigenvalue weighted by atomic mass is 10.2. The van der Waals surface area contributed by atoms with E-state index in [1.807, 2.05) is 0 Å². The molecular formula is C11H19N5O5. The van der Waals surface area contributed by atoms with Gasteiger partial charge in [-0.25, -0.2) is 0 Å². The van der Waals surface area contributed by atoms with E-state index in [2.05, 4.69) is 20.7 Å². The summed E-state index contributed by atoms with van der Waals surface area (Å²) in [6.07, 6.45) is 0.0440. The fourth-order valence-electron chi connectivity index (χ4n) is 1.20. The lowest BCUT2D eigenvalue weighted by molar-refractivity contribution is -0.141. The smallest absolute Gasteiger partial charge is 0.325 e. The molecule has 0 aromatic carbocycles. The van der Waals surface area contributed by atoms with Crippen molar-refractivity contribution in [3.63, 3.8) is 0 Å². The predicted molar refractivity (Wildman–Crippen MR) is 72.3 cm³/mol. The van der Waals surface area contributed by atoms with E-state index in [9.17, 15) is 14.4 Å². The maximum Gasteiger partial charge on any atom is 0.325 e. The van der Waals surface area contributed by atoms with Crippen LogP contribution in [0.5, 0.6) is 0 Å². The molecule has 0 aliphatic heterocycles. The molecule has 0 aromatic heterocycles. The average molecular weight is 301 g/mol. The average Bonchev–Trinajstić information content (AvgIpc) is 2.42. The molecule has 0 aliphatic carbocycles. The lowest BCUT2D eigenvalue weighted by Crippen LogP contribution is -2.49. The minimum atomic E-state index is -1.16. The summed E-state index contributed by atoms with van der Waals surface area (Å²) in [6, 6.07) is -1.87. The van der Waals surface area contributed by atoms with Gasteiger partial charge in [0.15, 0.2) is 0 Å². The second-order valence-corrected chi connectivity index (χ2v) is 4.17. The van der Waals surface area contributed by atoms with Crippen molar-refractivity contribution in [3.8, 4) is 0 Å². The number of azide groups is 1. The summed E-state index contributed by atoms with van der Waals surface area (Å²) in [6.45, 7) is 3.30. The normalized spacial score (nSPS) is 12.7. The van der Waals surface area contributed by atoms with Crippen molar-refractivity contribution >= 4 is 17.8 Å². The standard InChI is InChI=1S/C11H19N5O5/c1-7(10(18)15-8(2)11(19)20)14-9(17)3-5-21-6-4-13-16-12/h7-8H,3-6H2,1-2H3,(H,14,17)(H,15,18)(H,19,20). The number of nitrogens with zero attached hydrogens (tertiary/aromatic N) is 3. The van der Waals surface area contributed by atoms with Gasteiger partial charge >= 0.3 is 5.97 Å². The van der Waals surface area contributed by atoms with Crippen LogP contribution in [0.25, 0.3) is 10.4 Å². The van der Waals surface area contributed by atoms with Crippen LogP contribution in [0.1, 0.15) is 20.3 Å². The first kappa shape index (κ1) is 18.7. The van der Waals surface area contributed by atoms with Crippen LogP contribution in [0.4, 0.5) is 0 Å². The van der Waals surface area contributed by atoms with Crippen LogP contribution >= 0.6 is 0 Å². The van der Waals surface area contributed by atoms with Crippen molar-refractivity contribution in [1.29, 1.82) is 0 Å². The van der Waals surface area contributed by atoms with Gasteiger partial charge in [0.05, 0.1) is 13.2 Å². The molecule has 0 saturated heterocycles. The molecule has 0 rings (SSSR count). The van der Waals surface area contributed by atoms with E-state index >= 15 is 0 Å². The van der Waals surface area contributed by atoms with E-state index in [0.717, 1.165) is 0 Å². The van der Waals surface area contributed by atoms with Gasteiger partial charge in [0.25, 0.3) is 0 Å². The first-order valence-corrected chi connectivity index (χ1v) is 6.29. The molecule has 0 bridgehead atoms. The van der Waals surface area contributed by atoms with Crippen molar-refractivity contribution < 1.29 is 24.2 Å². The molecule has 21 heavy (non-hydrogen) atoms. The molecule has 0 saturated carbocycles. The fourth-order valence-corrected chi connectivity index (χ4v) is 1.20. The minimum absolute atomic E-state index is 0.0440. The zero-order chi connectivity index (χ0) is 16.3. The maximum absolute atomic E-state index is 11.6. The number of ether oxygens (including phenoxy) is 1. The number of nitrogens with one attached hydrogen (secondary N) is 2. The molecule has 10 nitrogen and oxygen atoms in total. The number of carboxylic acid groups (broad SMARTS) is 1. The highest BCUT2D eigenvalue weighted by atomic mass is 16.5. The van der Waals surface area contributed by atoms with Crippen LogP contribution in [0.3, 0.4) is 0 Å². The zero-order valence-corrected chi connectivity index (χ0v) is 11.9. The fraction of sp³-hybridized carbons (Fsp3) is 0.727. The quantitative estimate of drug-likeness (QED) is 0.220. The van der Waals surface area contributed by atoms with Gasteiger partial charge in [0.1, 0.15) is 12.1 Å². The van der Waals surface area contributed by atoms with E-state index in [4.69, 9.17) is 15.4 Å². The van der Waals surface area contributed by atoms with Crippen molar-refractivity contribution in [2.24, 2.45) is 5.11 Å². The van der Waals surface area contributed by atoms with Crippen molar-refractivity contribution in [3.05, 3.63) is 10.4 Å². The molecule has 10 heteroatoms. The van der Waals surface area contributed by atoms with Gasteiger partial charge in [-0.05, 0) is 19.4 Å². The van der Waals surface area contributed by atoms with Crippen LogP contribution < -0.4 is 10.6 Å². The molecule has 2 amide bonds. The second-order valence-electron chi connectivity index (χ2n) is 4.17. The number of carbonyl (C=O) groups excluding carboxylic acids is 2. The van der Waals surface area contributed by atoms with Gasteiger partial charge in [-0.2, -0.15) is 0 Å². The van der Waals surface area contributed by atoms with Crippen molar-refractivity contribution in [2.75, 3.05) is 19.8 Å². The van der Waals surface area contributed by atoms with E-state index < -0.39 is 29.9 Å². The van der Waals surface area contributed by atoms with Gasteiger partial charge in [-0.15, -0.1) is 0 Å². The van der Waals surface area contributed by atoms with Gasteiger partial charge in [0, 0.05) is 17.9 Å². The van der Waals surface area contributed by atoms with E-state index in [0.29, 0.717) is 0 Å². The Balaban J connectivity index is 3.90. The largest absolute Gasteiger partial charge is 0.480 e. The number of hydrogen-bond donors (Lipinski definition) is 3. The Morgan fingerprint density at radius 1 is 1.24 bits per heavy atom. The third-order valence-electron chi connectivity index (χ3n) is 2.37. The lowest BCUT2D eigenvalue weighted by Gasteiger charge is -2.16. The number of rotatable bonds is 10. The van der Waals surface area contributed by atoms with E-state index in [1.165, 1.54) is 13.8 Å². The summed E-state index contributed by atoms with van der Waals surface area (Å²) in [5.41, 5.74) is 8.02. The first-order chi connectivity index (χ1) is 9.88. The highest BCUT2D eigenvalue weighted by Gasteiger charge is 2.20. The Hall–Kier alpha value is -2.32. The van der Waals surface area contributed by atoms with Gasteiger partial charge in [-0.1, -0.05) is 5.11 Å². The van der Waals surface area contributed by atoms with Crippen LogP contribution in [-0.2, 0) is 19.1 Å². The molecule has 0 fully saturated rings. The van der Waals surface area contributed by atoms with Gasteiger partial charge in [-0.3, -0.25) is 14.4 Å². The number of aliphatic carboxylic acids is 1. The Kier molecular flexibility index (Phi) is 9.31. The topological polar surface area (TPSA) is 153 Å². The van der Waals surface area contributed by atoms with Crippen LogP contribution in [-0.4, -0.2) is 54.7 Å². The Bertz CT molecular complexity index is 421. The second kappa shape index (κ2) is 10.5. The van der Waals surface area contributed by atoms with Crippen LogP contribution in [0.2, 0.25) is 0 Å². The van der Waals surface area contributed by atoms with Crippen LogP contribution in [0, 0.1) is 0 Å². The molecule has 0 heterocycles. The molecule has 0 radical (unpaired) electrons. The molecular weight excluding hydrogens is 282 g/mol. The van der Waals surface area contributed by atoms with E-state index in [1.54, 1.807) is 0 Å². The monoisotopic (exact) mass is 301 g/mol. The van der Waals surface area contributed by atoms with Crippen molar-refractivity contribution in [1.82, 2.24) is 10.6 Å². The van der Waals surface area contributed by atoms with Gasteiger partial charge in [0.2, 0.25) is 11.8 Å². The van der Waals surface area contributed by atoms with Gasteiger partial charge < -0.3 is 20.5 Å². The summed E-state index contributed by atoms with van der Waals surface area (Å²) in [7, 11) is 0. The summed E-state index contributed by atoms with van der Waals surface area (Å²) < 4.78 is 5.04. The Morgan fingerprint density at radius 3 is 2.48 bits per heavy atom. The predicted octanol–water partition coefficient (Wildman–Crippen LogP) is -0.203.